The maximum atomic E-state index is 12.4. The molecule has 0 amide bonds. The van der Waals surface area contributed by atoms with Gasteiger partial charge in [0.2, 0.25) is 10.0 Å². The minimum Gasteiger partial charge on any atom is -0.207 e. The predicted molar refractivity (Wildman–Crippen MR) is 74.3 cm³/mol. The van der Waals surface area contributed by atoms with E-state index in [1.165, 1.54) is 10.4 Å². The highest BCUT2D eigenvalue weighted by Gasteiger charge is 2.27. The van der Waals surface area contributed by atoms with Gasteiger partial charge in [0.1, 0.15) is 4.90 Å². The minimum atomic E-state index is -3.52. The molecule has 3 nitrogen and oxygen atoms in total. The van der Waals surface area contributed by atoms with Gasteiger partial charge in [-0.1, -0.05) is 39.7 Å². The van der Waals surface area contributed by atoms with Crippen molar-refractivity contribution in [2.24, 2.45) is 0 Å². The van der Waals surface area contributed by atoms with E-state index in [2.05, 4.69) is 15.9 Å². The van der Waals surface area contributed by atoms with Gasteiger partial charge in [0, 0.05) is 17.9 Å². The van der Waals surface area contributed by atoms with Crippen LogP contribution in [-0.2, 0) is 10.0 Å². The molecule has 1 aromatic carbocycles. The van der Waals surface area contributed by atoms with Crippen molar-refractivity contribution < 1.29 is 8.42 Å². The minimum absolute atomic E-state index is 0.103. The molecule has 96 valence electrons. The first-order valence-corrected chi connectivity index (χ1v) is 8.17. The van der Waals surface area contributed by atoms with E-state index in [0.717, 1.165) is 0 Å². The number of rotatable bonds is 5. The van der Waals surface area contributed by atoms with Crippen LogP contribution in [0.4, 0.5) is 0 Å². The van der Waals surface area contributed by atoms with Crippen molar-refractivity contribution in [3.8, 4) is 0 Å². The van der Waals surface area contributed by atoms with Crippen LogP contribution in [0, 0.1) is 0 Å². The summed E-state index contributed by atoms with van der Waals surface area (Å²) >= 11 is 9.20. The van der Waals surface area contributed by atoms with Crippen LogP contribution in [-0.4, -0.2) is 30.6 Å². The van der Waals surface area contributed by atoms with Gasteiger partial charge < -0.3 is 0 Å². The lowest BCUT2D eigenvalue weighted by atomic mass is 10.4. The quantitative estimate of drug-likeness (QED) is 0.772. The molecule has 0 N–H and O–H groups in total. The first-order valence-electron chi connectivity index (χ1n) is 5.23. The molecule has 0 heterocycles. The highest BCUT2D eigenvalue weighted by Crippen LogP contribution is 2.25. The molecule has 0 fully saturated rings. The van der Waals surface area contributed by atoms with Gasteiger partial charge in [-0.05, 0) is 26.0 Å². The Kier molecular flexibility index (Phi) is 5.44. The summed E-state index contributed by atoms with van der Waals surface area (Å²) in [5.74, 6) is 0. The monoisotopic (exact) mass is 339 g/mol. The molecule has 0 atom stereocenters. The lowest BCUT2D eigenvalue weighted by Crippen LogP contribution is -2.38. The normalized spacial score (nSPS) is 12.4. The van der Waals surface area contributed by atoms with Gasteiger partial charge in [-0.25, -0.2) is 8.42 Å². The topological polar surface area (TPSA) is 37.4 Å². The number of sulfonamides is 1. The van der Waals surface area contributed by atoms with Crippen LogP contribution < -0.4 is 0 Å². The molecule has 0 radical (unpaired) electrons. The number of hydrogen-bond acceptors (Lipinski definition) is 2. The number of benzene rings is 1. The van der Waals surface area contributed by atoms with Gasteiger partial charge in [-0.2, -0.15) is 4.31 Å². The van der Waals surface area contributed by atoms with Crippen LogP contribution in [0.2, 0.25) is 5.02 Å². The van der Waals surface area contributed by atoms with Crippen LogP contribution in [0.25, 0.3) is 0 Å². The van der Waals surface area contributed by atoms with E-state index in [1.807, 2.05) is 13.8 Å². The van der Waals surface area contributed by atoms with Gasteiger partial charge >= 0.3 is 0 Å². The lowest BCUT2D eigenvalue weighted by molar-refractivity contribution is 0.372. The van der Waals surface area contributed by atoms with Crippen molar-refractivity contribution >= 4 is 37.6 Å². The number of nitrogens with zero attached hydrogens (tertiary/aromatic N) is 1. The van der Waals surface area contributed by atoms with E-state index in [1.54, 1.807) is 18.2 Å². The molecule has 1 aromatic rings. The van der Waals surface area contributed by atoms with E-state index in [-0.39, 0.29) is 16.0 Å². The fourth-order valence-corrected chi connectivity index (χ4v) is 4.27. The van der Waals surface area contributed by atoms with Crippen molar-refractivity contribution in [1.82, 2.24) is 4.31 Å². The molecule has 17 heavy (non-hydrogen) atoms. The molecular formula is C11H15BrClNO2S. The van der Waals surface area contributed by atoms with Crippen molar-refractivity contribution in [2.75, 3.05) is 11.9 Å². The van der Waals surface area contributed by atoms with E-state index in [0.29, 0.717) is 11.9 Å². The zero-order chi connectivity index (χ0) is 13.1. The van der Waals surface area contributed by atoms with Crippen molar-refractivity contribution in [1.29, 1.82) is 0 Å². The Morgan fingerprint density at radius 1 is 1.35 bits per heavy atom. The summed E-state index contributed by atoms with van der Waals surface area (Å²) < 4.78 is 26.2. The fourth-order valence-electron chi connectivity index (χ4n) is 1.52. The first kappa shape index (κ1) is 15.0. The molecule has 0 aromatic heterocycles. The van der Waals surface area contributed by atoms with Gasteiger partial charge in [-0.15, -0.1) is 0 Å². The molecule has 0 saturated heterocycles. The Bertz CT molecular complexity index is 476. The highest BCUT2D eigenvalue weighted by molar-refractivity contribution is 9.09. The average Bonchev–Trinajstić information content (AvgIpc) is 2.25. The Morgan fingerprint density at radius 2 is 1.94 bits per heavy atom. The molecule has 0 spiro atoms. The third-order valence-corrected chi connectivity index (χ3v) is 5.23. The van der Waals surface area contributed by atoms with E-state index in [4.69, 9.17) is 11.6 Å². The number of hydrogen-bond donors (Lipinski definition) is 0. The molecule has 0 aliphatic heterocycles. The van der Waals surface area contributed by atoms with Gasteiger partial charge in [0.05, 0.1) is 5.02 Å². The van der Waals surface area contributed by atoms with E-state index >= 15 is 0 Å². The molecule has 0 unspecified atom stereocenters. The smallest absolute Gasteiger partial charge is 0.207 e. The van der Waals surface area contributed by atoms with Gasteiger partial charge in [-0.3, -0.25) is 0 Å². The maximum absolute atomic E-state index is 12.4. The highest BCUT2D eigenvalue weighted by atomic mass is 79.9. The molecular weight excluding hydrogens is 326 g/mol. The Morgan fingerprint density at radius 3 is 2.41 bits per heavy atom. The zero-order valence-electron chi connectivity index (χ0n) is 9.73. The fraction of sp³-hybridized carbons (Fsp3) is 0.455. The van der Waals surface area contributed by atoms with E-state index in [9.17, 15) is 8.42 Å². The van der Waals surface area contributed by atoms with Crippen LogP contribution in [0.5, 0.6) is 0 Å². The van der Waals surface area contributed by atoms with Gasteiger partial charge in [0.15, 0.2) is 0 Å². The summed E-state index contributed by atoms with van der Waals surface area (Å²) in [5.41, 5.74) is 0. The summed E-state index contributed by atoms with van der Waals surface area (Å²) in [4.78, 5) is 0.163. The van der Waals surface area contributed by atoms with E-state index < -0.39 is 10.0 Å². The molecule has 0 saturated carbocycles. The second-order valence-electron chi connectivity index (χ2n) is 3.83. The largest absolute Gasteiger partial charge is 0.244 e. The second-order valence-corrected chi connectivity index (χ2v) is 6.89. The Labute approximate surface area is 116 Å². The molecule has 1 rings (SSSR count). The Hall–Kier alpha value is -0.100. The van der Waals surface area contributed by atoms with Crippen LogP contribution in [0.3, 0.4) is 0 Å². The standard InChI is InChI=1S/C11H15BrClNO2S/c1-9(2)14(8-7-12)17(15,16)11-6-4-3-5-10(11)13/h3-6,9H,7-8H2,1-2H3. The third kappa shape index (κ3) is 3.44. The van der Waals surface area contributed by atoms with Crippen LogP contribution in [0.1, 0.15) is 13.8 Å². The Balaban J connectivity index is 3.22. The summed E-state index contributed by atoms with van der Waals surface area (Å²) in [7, 11) is -3.52. The first-order chi connectivity index (χ1) is 7.91. The van der Waals surface area contributed by atoms with Crippen molar-refractivity contribution in [3.05, 3.63) is 29.3 Å². The summed E-state index contributed by atoms with van der Waals surface area (Å²) in [6.07, 6.45) is 0. The molecule has 0 aliphatic rings. The van der Waals surface area contributed by atoms with Crippen LogP contribution in [0.15, 0.2) is 29.2 Å². The SMILES string of the molecule is CC(C)N(CCBr)S(=O)(=O)c1ccccc1Cl. The van der Waals surface area contributed by atoms with Crippen LogP contribution >= 0.6 is 27.5 Å². The lowest BCUT2D eigenvalue weighted by Gasteiger charge is -2.25. The summed E-state index contributed by atoms with van der Waals surface area (Å²) in [6, 6.07) is 6.40. The molecule has 0 bridgehead atoms. The molecule has 0 aliphatic carbocycles. The summed E-state index contributed by atoms with van der Waals surface area (Å²) in [5, 5.41) is 0.849. The second kappa shape index (κ2) is 6.18. The van der Waals surface area contributed by atoms with Crippen molar-refractivity contribution in [3.63, 3.8) is 0 Å². The third-order valence-electron chi connectivity index (χ3n) is 2.30. The van der Waals surface area contributed by atoms with Gasteiger partial charge in [0.25, 0.3) is 0 Å². The summed E-state index contributed by atoms with van der Waals surface area (Å²) in [6.45, 7) is 4.11. The average molecular weight is 341 g/mol. The predicted octanol–water partition coefficient (Wildman–Crippen LogP) is 3.13. The number of halogens is 2. The molecule has 6 heteroatoms. The maximum Gasteiger partial charge on any atom is 0.244 e. The zero-order valence-corrected chi connectivity index (χ0v) is 12.9. The number of alkyl halides is 1. The van der Waals surface area contributed by atoms with Crippen molar-refractivity contribution in [2.45, 2.75) is 24.8 Å².